The van der Waals surface area contributed by atoms with Crippen LogP contribution in [0.1, 0.15) is 26.7 Å². The molecule has 0 aliphatic heterocycles. The summed E-state index contributed by atoms with van der Waals surface area (Å²) in [7, 11) is 0. The van der Waals surface area contributed by atoms with Crippen molar-refractivity contribution in [1.29, 1.82) is 0 Å². The fourth-order valence-corrected chi connectivity index (χ4v) is 2.13. The number of nitrogens with one attached hydrogen (secondary N) is 1. The normalized spacial score (nSPS) is 10.5. The molecule has 0 radical (unpaired) electrons. The van der Waals surface area contributed by atoms with Gasteiger partial charge in [0, 0.05) is 12.6 Å². The molecule has 5 heteroatoms. The van der Waals surface area contributed by atoms with Crippen molar-refractivity contribution in [2.24, 2.45) is 0 Å². The van der Waals surface area contributed by atoms with E-state index in [9.17, 15) is 8.78 Å². The molecule has 0 spiro atoms. The summed E-state index contributed by atoms with van der Waals surface area (Å²) in [6, 6.07) is 0.888. The molecule has 0 atom stereocenters. The second kappa shape index (κ2) is 6.68. The lowest BCUT2D eigenvalue weighted by Crippen LogP contribution is -2.04. The van der Waals surface area contributed by atoms with Gasteiger partial charge in [0.25, 0.3) is 0 Å². The van der Waals surface area contributed by atoms with E-state index in [2.05, 4.69) is 17.2 Å². The van der Waals surface area contributed by atoms with Crippen LogP contribution in [-0.4, -0.2) is 17.3 Å². The number of rotatable bonds is 6. The number of unbranched alkanes of at least 4 members (excludes halogenated alkanes) is 1. The first-order valence-electron chi connectivity index (χ1n) is 5.41. The van der Waals surface area contributed by atoms with E-state index in [4.69, 9.17) is 0 Å². The minimum atomic E-state index is -0.640. The smallest absolute Gasteiger partial charge is 0.168 e. The number of pyridine rings is 1. The molecule has 16 heavy (non-hydrogen) atoms. The zero-order chi connectivity index (χ0) is 12.0. The second-order valence-electron chi connectivity index (χ2n) is 3.34. The van der Waals surface area contributed by atoms with E-state index < -0.39 is 11.6 Å². The van der Waals surface area contributed by atoms with Crippen molar-refractivity contribution in [2.75, 3.05) is 17.6 Å². The highest BCUT2D eigenvalue weighted by Crippen LogP contribution is 2.24. The molecule has 0 unspecified atom stereocenters. The lowest BCUT2D eigenvalue weighted by Gasteiger charge is -2.07. The summed E-state index contributed by atoms with van der Waals surface area (Å²) in [5, 5.41) is 3.04. The van der Waals surface area contributed by atoms with Crippen LogP contribution in [0.2, 0.25) is 0 Å². The molecule has 0 fully saturated rings. The van der Waals surface area contributed by atoms with E-state index >= 15 is 0 Å². The van der Waals surface area contributed by atoms with Crippen molar-refractivity contribution in [3.8, 4) is 0 Å². The van der Waals surface area contributed by atoms with Crippen LogP contribution in [0.4, 0.5) is 14.6 Å². The molecule has 0 bridgehead atoms. The minimum Gasteiger partial charge on any atom is -0.368 e. The van der Waals surface area contributed by atoms with Gasteiger partial charge >= 0.3 is 0 Å². The van der Waals surface area contributed by atoms with Gasteiger partial charge in [-0.05, 0) is 19.1 Å². The van der Waals surface area contributed by atoms with Crippen molar-refractivity contribution in [1.82, 2.24) is 4.98 Å². The Kier molecular flexibility index (Phi) is 5.52. The number of halogens is 2. The Morgan fingerprint density at radius 1 is 1.31 bits per heavy atom. The maximum atomic E-state index is 13.3. The number of nitrogens with zero attached hydrogens (tertiary/aromatic N) is 1. The Morgan fingerprint density at radius 3 is 2.69 bits per heavy atom. The Morgan fingerprint density at radius 2 is 2.06 bits per heavy atom. The second-order valence-corrected chi connectivity index (χ2v) is 4.42. The molecule has 0 saturated carbocycles. The average Bonchev–Trinajstić information content (AvgIpc) is 2.25. The van der Waals surface area contributed by atoms with E-state index in [1.165, 1.54) is 11.8 Å². The van der Waals surface area contributed by atoms with E-state index in [1.54, 1.807) is 0 Å². The molecular formula is C11H16F2N2S. The number of aromatic nitrogens is 1. The Labute approximate surface area is 98.8 Å². The standard InChI is InChI=1S/C11H16F2N2S/c1-3-5-6-16-11-9(13)7-8(12)10(15-11)14-4-2/h7H,3-6H2,1-2H3,(H,14,15). The van der Waals surface area contributed by atoms with Crippen molar-refractivity contribution in [3.05, 3.63) is 17.7 Å². The molecule has 1 heterocycles. The highest BCUT2D eigenvalue weighted by Gasteiger charge is 2.11. The largest absolute Gasteiger partial charge is 0.368 e. The van der Waals surface area contributed by atoms with Gasteiger partial charge in [-0.1, -0.05) is 13.3 Å². The predicted molar refractivity (Wildman–Crippen MR) is 63.9 cm³/mol. The van der Waals surface area contributed by atoms with Crippen LogP contribution in [0, 0.1) is 11.6 Å². The van der Waals surface area contributed by atoms with E-state index in [1.807, 2.05) is 6.92 Å². The van der Waals surface area contributed by atoms with Gasteiger partial charge in [-0.25, -0.2) is 13.8 Å². The van der Waals surface area contributed by atoms with Crippen molar-refractivity contribution < 1.29 is 8.78 Å². The van der Waals surface area contributed by atoms with Crippen LogP contribution in [0.3, 0.4) is 0 Å². The molecule has 0 amide bonds. The molecule has 0 saturated heterocycles. The molecule has 2 nitrogen and oxygen atoms in total. The highest BCUT2D eigenvalue weighted by atomic mass is 32.2. The van der Waals surface area contributed by atoms with Gasteiger partial charge in [-0.15, -0.1) is 11.8 Å². The van der Waals surface area contributed by atoms with Crippen LogP contribution in [-0.2, 0) is 0 Å². The van der Waals surface area contributed by atoms with Crippen molar-refractivity contribution >= 4 is 17.6 Å². The lowest BCUT2D eigenvalue weighted by molar-refractivity contribution is 0.551. The summed E-state index contributed by atoms with van der Waals surface area (Å²) in [5.41, 5.74) is 0. The maximum Gasteiger partial charge on any atom is 0.168 e. The third kappa shape index (κ3) is 3.63. The van der Waals surface area contributed by atoms with E-state index in [0.29, 0.717) is 6.54 Å². The predicted octanol–water partition coefficient (Wildman–Crippen LogP) is 3.68. The average molecular weight is 246 g/mol. The van der Waals surface area contributed by atoms with Gasteiger partial charge in [0.05, 0.1) is 0 Å². The summed E-state index contributed by atoms with van der Waals surface area (Å²) >= 11 is 1.33. The van der Waals surface area contributed by atoms with E-state index in [0.717, 1.165) is 24.7 Å². The zero-order valence-electron chi connectivity index (χ0n) is 9.52. The summed E-state index contributed by atoms with van der Waals surface area (Å²) in [6.07, 6.45) is 2.05. The van der Waals surface area contributed by atoms with Gasteiger partial charge in [0.15, 0.2) is 17.5 Å². The zero-order valence-corrected chi connectivity index (χ0v) is 10.3. The number of hydrogen-bond donors (Lipinski definition) is 1. The molecule has 1 N–H and O–H groups in total. The fourth-order valence-electron chi connectivity index (χ4n) is 1.16. The molecule has 1 aromatic heterocycles. The van der Waals surface area contributed by atoms with Gasteiger partial charge in [0.1, 0.15) is 5.03 Å². The first kappa shape index (κ1) is 13.2. The van der Waals surface area contributed by atoms with Gasteiger partial charge in [-0.3, -0.25) is 0 Å². The monoisotopic (exact) mass is 246 g/mol. The topological polar surface area (TPSA) is 24.9 Å². The fraction of sp³-hybridized carbons (Fsp3) is 0.545. The van der Waals surface area contributed by atoms with E-state index in [-0.39, 0.29) is 10.8 Å². The van der Waals surface area contributed by atoms with Crippen LogP contribution in [0.25, 0.3) is 0 Å². The third-order valence-corrected chi connectivity index (χ3v) is 3.03. The van der Waals surface area contributed by atoms with Crippen LogP contribution < -0.4 is 5.32 Å². The summed E-state index contributed by atoms with van der Waals surface area (Å²) < 4.78 is 26.6. The Bertz CT molecular complexity index is 345. The van der Waals surface area contributed by atoms with Gasteiger partial charge < -0.3 is 5.32 Å². The Balaban J connectivity index is 2.78. The van der Waals surface area contributed by atoms with Gasteiger partial charge in [0.2, 0.25) is 0 Å². The molecule has 90 valence electrons. The van der Waals surface area contributed by atoms with Crippen molar-refractivity contribution in [2.45, 2.75) is 31.7 Å². The van der Waals surface area contributed by atoms with Gasteiger partial charge in [-0.2, -0.15) is 0 Å². The SMILES string of the molecule is CCCCSc1nc(NCC)c(F)cc1F. The molecule has 1 aromatic rings. The molecule has 0 aromatic carbocycles. The lowest BCUT2D eigenvalue weighted by atomic mass is 10.4. The summed E-state index contributed by atoms with van der Waals surface area (Å²) in [6.45, 7) is 4.47. The summed E-state index contributed by atoms with van der Waals surface area (Å²) in [4.78, 5) is 3.94. The number of hydrogen-bond acceptors (Lipinski definition) is 3. The highest BCUT2D eigenvalue weighted by molar-refractivity contribution is 7.99. The molecule has 0 aliphatic carbocycles. The van der Waals surface area contributed by atoms with Crippen LogP contribution >= 0.6 is 11.8 Å². The quantitative estimate of drug-likeness (QED) is 0.612. The molecule has 1 rings (SSSR count). The number of anilines is 1. The maximum absolute atomic E-state index is 13.3. The molecule has 0 aliphatic rings. The van der Waals surface area contributed by atoms with Crippen LogP contribution in [0.5, 0.6) is 0 Å². The van der Waals surface area contributed by atoms with Crippen molar-refractivity contribution in [3.63, 3.8) is 0 Å². The number of thioether (sulfide) groups is 1. The summed E-state index contributed by atoms with van der Waals surface area (Å²) in [5.74, 6) is -0.292. The van der Waals surface area contributed by atoms with Crippen LogP contribution in [0.15, 0.2) is 11.1 Å². The first-order valence-corrected chi connectivity index (χ1v) is 6.40. The minimum absolute atomic E-state index is 0.128. The molecular weight excluding hydrogens is 230 g/mol. The first-order chi connectivity index (χ1) is 7.69. The third-order valence-electron chi connectivity index (χ3n) is 1.98. The Hall–Kier alpha value is -0.840.